The maximum Gasteiger partial charge on any atom is 0.182 e. The molecule has 106 valence electrons. The molecule has 6 nitrogen and oxygen atoms in total. The highest BCUT2D eigenvalue weighted by atomic mass is 16.5. The van der Waals surface area contributed by atoms with Crippen molar-refractivity contribution in [3.8, 4) is 11.4 Å². The number of nitrogens with zero attached hydrogens (tertiary/aromatic N) is 4. The zero-order chi connectivity index (χ0) is 14.2. The van der Waals surface area contributed by atoms with E-state index in [9.17, 15) is 0 Å². The summed E-state index contributed by atoms with van der Waals surface area (Å²) in [5.74, 6) is 0.769. The molecule has 0 bridgehead atoms. The molecule has 0 unspecified atom stereocenters. The van der Waals surface area contributed by atoms with E-state index in [-0.39, 0.29) is 5.60 Å². The van der Waals surface area contributed by atoms with Crippen LogP contribution in [0, 0.1) is 6.92 Å². The summed E-state index contributed by atoms with van der Waals surface area (Å²) >= 11 is 0. The number of nitrogens with two attached hydrogens (primary N) is 1. The van der Waals surface area contributed by atoms with Gasteiger partial charge in [-0.15, -0.1) is 5.10 Å². The Morgan fingerprint density at radius 2 is 2.20 bits per heavy atom. The molecule has 1 saturated carbocycles. The topological polar surface area (TPSA) is 78.8 Å². The van der Waals surface area contributed by atoms with E-state index in [1.165, 1.54) is 6.42 Å². The van der Waals surface area contributed by atoms with Crippen molar-refractivity contribution < 1.29 is 4.74 Å². The summed E-state index contributed by atoms with van der Waals surface area (Å²) < 4.78 is 7.49. The molecule has 2 aromatic rings. The van der Waals surface area contributed by atoms with E-state index < -0.39 is 0 Å². The number of nitrogen functional groups attached to an aromatic ring is 1. The van der Waals surface area contributed by atoms with Gasteiger partial charge in [-0.25, -0.2) is 4.68 Å². The molecule has 1 aliphatic carbocycles. The minimum Gasteiger partial charge on any atom is -0.399 e. The first kappa shape index (κ1) is 13.1. The van der Waals surface area contributed by atoms with Gasteiger partial charge in [0.2, 0.25) is 0 Å². The van der Waals surface area contributed by atoms with Crippen LogP contribution in [0.5, 0.6) is 0 Å². The van der Waals surface area contributed by atoms with E-state index >= 15 is 0 Å². The van der Waals surface area contributed by atoms with Gasteiger partial charge in [0, 0.05) is 18.4 Å². The fraction of sp³-hybridized carbons (Fsp3) is 0.500. The molecule has 1 aromatic heterocycles. The average molecular weight is 273 g/mol. The van der Waals surface area contributed by atoms with Gasteiger partial charge in [-0.1, -0.05) is 0 Å². The van der Waals surface area contributed by atoms with Crippen molar-refractivity contribution in [1.82, 2.24) is 20.2 Å². The Kier molecular flexibility index (Phi) is 3.17. The SMILES string of the molecule is COC1(Cn2nnnc2-c2ccc(N)cc2C)CCC1. The van der Waals surface area contributed by atoms with E-state index in [0.717, 1.165) is 35.5 Å². The van der Waals surface area contributed by atoms with Gasteiger partial charge in [0.15, 0.2) is 5.82 Å². The molecule has 1 aromatic carbocycles. The summed E-state index contributed by atoms with van der Waals surface area (Å²) in [5.41, 5.74) is 8.52. The van der Waals surface area contributed by atoms with Crippen LogP contribution in [0.3, 0.4) is 0 Å². The molecule has 2 N–H and O–H groups in total. The van der Waals surface area contributed by atoms with Crippen molar-refractivity contribution in [2.24, 2.45) is 0 Å². The van der Waals surface area contributed by atoms with Crippen LogP contribution in [0.4, 0.5) is 5.69 Å². The summed E-state index contributed by atoms with van der Waals surface area (Å²) in [5, 5.41) is 12.1. The lowest BCUT2D eigenvalue weighted by Crippen LogP contribution is -2.43. The third-order valence-corrected chi connectivity index (χ3v) is 4.16. The summed E-state index contributed by atoms with van der Waals surface area (Å²) in [6.07, 6.45) is 3.32. The molecule has 0 radical (unpaired) electrons. The van der Waals surface area contributed by atoms with Gasteiger partial charge >= 0.3 is 0 Å². The minimum atomic E-state index is -0.105. The molecular formula is C14H19N5O. The molecule has 0 spiro atoms. The maximum atomic E-state index is 5.79. The van der Waals surface area contributed by atoms with Crippen LogP contribution in [0.25, 0.3) is 11.4 Å². The number of benzene rings is 1. The number of tetrazole rings is 1. The number of aromatic nitrogens is 4. The highest BCUT2D eigenvalue weighted by Crippen LogP contribution is 2.37. The zero-order valence-corrected chi connectivity index (χ0v) is 11.8. The van der Waals surface area contributed by atoms with Crippen LogP contribution < -0.4 is 5.73 Å². The molecule has 1 fully saturated rings. The number of methoxy groups -OCH3 is 1. The van der Waals surface area contributed by atoms with Gasteiger partial charge in [-0.2, -0.15) is 0 Å². The van der Waals surface area contributed by atoms with Crippen LogP contribution in [0.1, 0.15) is 24.8 Å². The predicted octanol–water partition coefficient (Wildman–Crippen LogP) is 1.80. The first-order chi connectivity index (χ1) is 9.63. The van der Waals surface area contributed by atoms with Crippen molar-refractivity contribution in [3.05, 3.63) is 23.8 Å². The molecule has 3 rings (SSSR count). The standard InChI is InChI=1S/C14H19N5O/c1-10-8-11(15)4-5-12(10)13-16-17-18-19(13)9-14(20-2)6-3-7-14/h4-5,8H,3,6-7,9,15H2,1-2H3. The second-order valence-corrected chi connectivity index (χ2v) is 5.48. The summed E-state index contributed by atoms with van der Waals surface area (Å²) in [6.45, 7) is 2.70. The highest BCUT2D eigenvalue weighted by molar-refractivity contribution is 5.63. The lowest BCUT2D eigenvalue weighted by Gasteiger charge is -2.40. The Balaban J connectivity index is 1.93. The van der Waals surface area contributed by atoms with E-state index in [2.05, 4.69) is 15.5 Å². The molecule has 0 aliphatic heterocycles. The second-order valence-electron chi connectivity index (χ2n) is 5.48. The van der Waals surface area contributed by atoms with Crippen LogP contribution in [-0.4, -0.2) is 32.9 Å². The third-order valence-electron chi connectivity index (χ3n) is 4.16. The molecule has 20 heavy (non-hydrogen) atoms. The average Bonchev–Trinajstić information content (AvgIpc) is 2.82. The molecule has 0 saturated heterocycles. The normalized spacial score (nSPS) is 16.9. The monoisotopic (exact) mass is 273 g/mol. The molecule has 0 amide bonds. The fourth-order valence-electron chi connectivity index (χ4n) is 2.71. The quantitative estimate of drug-likeness (QED) is 0.859. The predicted molar refractivity (Wildman–Crippen MR) is 76.0 cm³/mol. The van der Waals surface area contributed by atoms with Gasteiger partial charge in [0.25, 0.3) is 0 Å². The Bertz CT molecular complexity index is 612. The third kappa shape index (κ3) is 2.16. The van der Waals surface area contributed by atoms with E-state index in [1.807, 2.05) is 29.8 Å². The summed E-state index contributed by atoms with van der Waals surface area (Å²) in [7, 11) is 1.76. The number of hydrogen-bond donors (Lipinski definition) is 1. The van der Waals surface area contributed by atoms with Gasteiger partial charge in [0.05, 0.1) is 12.1 Å². The zero-order valence-electron chi connectivity index (χ0n) is 11.8. The molecule has 1 aliphatic rings. The van der Waals surface area contributed by atoms with Crippen molar-refractivity contribution in [2.45, 2.75) is 38.3 Å². The number of anilines is 1. The lowest BCUT2D eigenvalue weighted by atomic mass is 9.80. The Hall–Kier alpha value is -1.95. The van der Waals surface area contributed by atoms with Crippen molar-refractivity contribution in [2.75, 3.05) is 12.8 Å². The number of aryl methyl sites for hydroxylation is 1. The number of rotatable bonds is 4. The van der Waals surface area contributed by atoms with Gasteiger partial charge in [-0.3, -0.25) is 0 Å². The molecule has 6 heteroatoms. The second kappa shape index (κ2) is 4.86. The van der Waals surface area contributed by atoms with Crippen molar-refractivity contribution >= 4 is 5.69 Å². The lowest BCUT2D eigenvalue weighted by molar-refractivity contribution is -0.0855. The van der Waals surface area contributed by atoms with E-state index in [4.69, 9.17) is 10.5 Å². The Morgan fingerprint density at radius 1 is 1.40 bits per heavy atom. The van der Waals surface area contributed by atoms with Crippen LogP contribution in [-0.2, 0) is 11.3 Å². The summed E-state index contributed by atoms with van der Waals surface area (Å²) in [6, 6.07) is 5.77. The van der Waals surface area contributed by atoms with Crippen LogP contribution in [0.2, 0.25) is 0 Å². The largest absolute Gasteiger partial charge is 0.399 e. The highest BCUT2D eigenvalue weighted by Gasteiger charge is 2.38. The molecule has 1 heterocycles. The van der Waals surface area contributed by atoms with Gasteiger partial charge in [-0.05, 0) is 60.4 Å². The van der Waals surface area contributed by atoms with E-state index in [1.54, 1.807) is 7.11 Å². The maximum absolute atomic E-state index is 5.79. The fourth-order valence-corrected chi connectivity index (χ4v) is 2.71. The van der Waals surface area contributed by atoms with Crippen LogP contribution >= 0.6 is 0 Å². The Morgan fingerprint density at radius 3 is 2.80 bits per heavy atom. The van der Waals surface area contributed by atoms with Gasteiger partial charge < -0.3 is 10.5 Å². The number of ether oxygens (including phenoxy) is 1. The van der Waals surface area contributed by atoms with Gasteiger partial charge in [0.1, 0.15) is 0 Å². The molecule has 0 atom stereocenters. The number of hydrogen-bond acceptors (Lipinski definition) is 5. The van der Waals surface area contributed by atoms with E-state index in [0.29, 0.717) is 6.54 Å². The Labute approximate surface area is 117 Å². The summed E-state index contributed by atoms with van der Waals surface area (Å²) in [4.78, 5) is 0. The minimum absolute atomic E-state index is 0.105. The first-order valence-electron chi connectivity index (χ1n) is 6.81. The molecular weight excluding hydrogens is 254 g/mol. The smallest absolute Gasteiger partial charge is 0.182 e. The van der Waals surface area contributed by atoms with Crippen LogP contribution in [0.15, 0.2) is 18.2 Å². The first-order valence-corrected chi connectivity index (χ1v) is 6.81. The van der Waals surface area contributed by atoms with Crippen molar-refractivity contribution in [1.29, 1.82) is 0 Å². The van der Waals surface area contributed by atoms with Crippen molar-refractivity contribution in [3.63, 3.8) is 0 Å².